The van der Waals surface area contributed by atoms with Crippen LogP contribution in [0.15, 0.2) is 36.5 Å². The van der Waals surface area contributed by atoms with Crippen LogP contribution in [-0.2, 0) is 6.54 Å². The average molecular weight is 315 g/mol. The molecule has 0 saturated heterocycles. The molecule has 0 aliphatic heterocycles. The van der Waals surface area contributed by atoms with Gasteiger partial charge in [0.05, 0.1) is 17.3 Å². The van der Waals surface area contributed by atoms with Crippen LogP contribution >= 0.6 is 11.6 Å². The van der Waals surface area contributed by atoms with Crippen LogP contribution in [0.1, 0.15) is 21.5 Å². The molecule has 1 aromatic heterocycles. The van der Waals surface area contributed by atoms with Crippen LogP contribution in [0.3, 0.4) is 0 Å². The summed E-state index contributed by atoms with van der Waals surface area (Å²) < 4.78 is 0. The highest BCUT2D eigenvalue weighted by atomic mass is 35.5. The minimum atomic E-state index is -0.234. The Hall–Kier alpha value is -2.37. The highest BCUT2D eigenvalue weighted by Crippen LogP contribution is 2.24. The normalized spacial score (nSPS) is 10.9. The number of H-pyrrole nitrogens is 1. The third kappa shape index (κ3) is 2.81. The number of carbonyl (C=O) groups excluding carboxylic acids is 1. The van der Waals surface area contributed by atoms with Crippen LogP contribution in [0.2, 0.25) is 5.02 Å². The van der Waals surface area contributed by atoms with E-state index in [1.165, 1.54) is 0 Å². The maximum absolute atomic E-state index is 12.5. The molecule has 3 rings (SSSR count). The van der Waals surface area contributed by atoms with Crippen molar-refractivity contribution in [2.75, 3.05) is 5.32 Å². The van der Waals surface area contributed by atoms with E-state index in [0.29, 0.717) is 22.8 Å². The third-order valence-electron chi connectivity index (χ3n) is 3.40. The Labute approximate surface area is 132 Å². The van der Waals surface area contributed by atoms with Gasteiger partial charge in [-0.1, -0.05) is 17.7 Å². The molecule has 0 fully saturated rings. The number of rotatable bonds is 3. The molecule has 0 saturated carbocycles. The van der Waals surface area contributed by atoms with Gasteiger partial charge in [-0.2, -0.15) is 5.10 Å². The first-order chi connectivity index (χ1) is 10.6. The zero-order valence-corrected chi connectivity index (χ0v) is 12.7. The number of aryl methyl sites for hydroxylation is 1. The Kier molecular flexibility index (Phi) is 3.83. The fourth-order valence-electron chi connectivity index (χ4n) is 2.45. The van der Waals surface area contributed by atoms with Crippen LogP contribution in [0.25, 0.3) is 10.9 Å². The van der Waals surface area contributed by atoms with Gasteiger partial charge in [0.2, 0.25) is 0 Å². The number of nitrogens with zero attached hydrogens (tertiary/aromatic N) is 1. The van der Waals surface area contributed by atoms with E-state index in [1.807, 2.05) is 25.1 Å². The molecule has 0 aliphatic rings. The molecule has 6 heteroatoms. The molecule has 112 valence electrons. The van der Waals surface area contributed by atoms with Crippen LogP contribution < -0.4 is 11.1 Å². The third-order valence-corrected chi connectivity index (χ3v) is 3.62. The summed E-state index contributed by atoms with van der Waals surface area (Å²) in [7, 11) is 0. The predicted molar refractivity (Wildman–Crippen MR) is 88.1 cm³/mol. The molecule has 0 radical (unpaired) electrons. The molecule has 5 nitrogen and oxygen atoms in total. The van der Waals surface area contributed by atoms with Gasteiger partial charge >= 0.3 is 0 Å². The molecular weight excluding hydrogens is 300 g/mol. The molecule has 0 unspecified atom stereocenters. The van der Waals surface area contributed by atoms with E-state index in [0.717, 1.165) is 22.0 Å². The van der Waals surface area contributed by atoms with Crippen molar-refractivity contribution in [3.8, 4) is 0 Å². The number of fused-ring (bicyclic) bond motifs is 1. The summed E-state index contributed by atoms with van der Waals surface area (Å²) in [5.41, 5.74) is 9.59. The van der Waals surface area contributed by atoms with E-state index in [9.17, 15) is 4.79 Å². The summed E-state index contributed by atoms with van der Waals surface area (Å²) in [6.07, 6.45) is 1.61. The molecule has 22 heavy (non-hydrogen) atoms. The molecule has 0 aliphatic carbocycles. The van der Waals surface area contributed by atoms with Gasteiger partial charge in [-0.3, -0.25) is 9.89 Å². The number of hydrogen-bond donors (Lipinski definition) is 3. The highest BCUT2D eigenvalue weighted by molar-refractivity contribution is 6.32. The van der Waals surface area contributed by atoms with E-state index in [4.69, 9.17) is 17.3 Å². The van der Waals surface area contributed by atoms with E-state index in [-0.39, 0.29) is 5.91 Å². The van der Waals surface area contributed by atoms with Crippen molar-refractivity contribution in [3.63, 3.8) is 0 Å². The van der Waals surface area contributed by atoms with Crippen LogP contribution in [0.5, 0.6) is 0 Å². The molecule has 0 spiro atoms. The first-order valence-electron chi connectivity index (χ1n) is 6.81. The van der Waals surface area contributed by atoms with Crippen molar-refractivity contribution in [1.29, 1.82) is 0 Å². The fourth-order valence-corrected chi connectivity index (χ4v) is 2.67. The minimum Gasteiger partial charge on any atom is -0.326 e. The first-order valence-corrected chi connectivity index (χ1v) is 7.19. The standard InChI is InChI=1S/C16H15ClN4O/c1-9-2-10(7-18)4-12(3-9)20-16(22)13-5-11(17)6-15-14(13)8-19-21-15/h2-6,8H,7,18H2,1H3,(H,19,21)(H,20,22). The van der Waals surface area contributed by atoms with Gasteiger partial charge in [0, 0.05) is 22.6 Å². The number of anilines is 1. The second kappa shape index (κ2) is 5.79. The van der Waals surface area contributed by atoms with Gasteiger partial charge in [0.25, 0.3) is 5.91 Å². The minimum absolute atomic E-state index is 0.234. The molecule has 2 aromatic carbocycles. The molecule has 1 amide bonds. The van der Waals surface area contributed by atoms with E-state index < -0.39 is 0 Å². The van der Waals surface area contributed by atoms with Gasteiger partial charge in [-0.05, 0) is 42.3 Å². The molecule has 0 atom stereocenters. The second-order valence-corrected chi connectivity index (χ2v) is 5.59. The van der Waals surface area contributed by atoms with Crippen LogP contribution in [0, 0.1) is 6.92 Å². The van der Waals surface area contributed by atoms with E-state index in [1.54, 1.807) is 18.3 Å². The van der Waals surface area contributed by atoms with E-state index in [2.05, 4.69) is 15.5 Å². The maximum atomic E-state index is 12.5. The maximum Gasteiger partial charge on any atom is 0.256 e. The Bertz CT molecular complexity index is 856. The Morgan fingerprint density at radius 2 is 2.14 bits per heavy atom. The zero-order chi connectivity index (χ0) is 15.7. The number of aromatic amines is 1. The summed E-state index contributed by atoms with van der Waals surface area (Å²) >= 11 is 6.06. The lowest BCUT2D eigenvalue weighted by molar-refractivity contribution is 0.102. The number of nitrogens with two attached hydrogens (primary N) is 1. The number of aromatic nitrogens is 2. The van der Waals surface area contributed by atoms with Crippen molar-refractivity contribution in [1.82, 2.24) is 10.2 Å². The van der Waals surface area contributed by atoms with Gasteiger partial charge in [0.1, 0.15) is 0 Å². The summed E-state index contributed by atoms with van der Waals surface area (Å²) in [4.78, 5) is 12.5. The molecule has 0 bridgehead atoms. The molecular formula is C16H15ClN4O. The number of hydrogen-bond acceptors (Lipinski definition) is 3. The monoisotopic (exact) mass is 314 g/mol. The predicted octanol–water partition coefficient (Wildman–Crippen LogP) is 3.24. The van der Waals surface area contributed by atoms with Gasteiger partial charge < -0.3 is 11.1 Å². The van der Waals surface area contributed by atoms with E-state index >= 15 is 0 Å². The van der Waals surface area contributed by atoms with Gasteiger partial charge in [0.15, 0.2) is 0 Å². The summed E-state index contributed by atoms with van der Waals surface area (Å²) in [5.74, 6) is -0.234. The topological polar surface area (TPSA) is 83.8 Å². The summed E-state index contributed by atoms with van der Waals surface area (Å²) in [5, 5.41) is 10.9. The average Bonchev–Trinajstić information content (AvgIpc) is 2.93. The number of halogens is 1. The smallest absolute Gasteiger partial charge is 0.256 e. The van der Waals surface area contributed by atoms with Crippen molar-refractivity contribution < 1.29 is 4.79 Å². The summed E-state index contributed by atoms with van der Waals surface area (Å²) in [6.45, 7) is 2.39. The lowest BCUT2D eigenvalue weighted by Crippen LogP contribution is -2.13. The first kappa shape index (κ1) is 14.6. The van der Waals surface area contributed by atoms with Gasteiger partial charge in [-0.25, -0.2) is 0 Å². The quantitative estimate of drug-likeness (QED) is 0.694. The van der Waals surface area contributed by atoms with Crippen molar-refractivity contribution in [2.24, 2.45) is 5.73 Å². The number of carbonyl (C=O) groups is 1. The summed E-state index contributed by atoms with van der Waals surface area (Å²) in [6, 6.07) is 9.12. The lowest BCUT2D eigenvalue weighted by Gasteiger charge is -2.09. The SMILES string of the molecule is Cc1cc(CN)cc(NC(=O)c2cc(Cl)cc3[nH]ncc23)c1. The van der Waals surface area contributed by atoms with Crippen LogP contribution in [0.4, 0.5) is 5.69 Å². The molecule has 3 aromatic rings. The lowest BCUT2D eigenvalue weighted by atomic mass is 10.1. The van der Waals surface area contributed by atoms with Crippen molar-refractivity contribution in [3.05, 3.63) is 58.2 Å². The number of nitrogens with one attached hydrogen (secondary N) is 2. The highest BCUT2D eigenvalue weighted by Gasteiger charge is 2.13. The van der Waals surface area contributed by atoms with Crippen molar-refractivity contribution >= 4 is 34.1 Å². The largest absolute Gasteiger partial charge is 0.326 e. The Morgan fingerprint density at radius 1 is 1.32 bits per heavy atom. The van der Waals surface area contributed by atoms with Crippen molar-refractivity contribution in [2.45, 2.75) is 13.5 Å². The Morgan fingerprint density at radius 3 is 2.91 bits per heavy atom. The van der Waals surface area contributed by atoms with Gasteiger partial charge in [-0.15, -0.1) is 0 Å². The fraction of sp³-hybridized carbons (Fsp3) is 0.125. The Balaban J connectivity index is 1.97. The van der Waals surface area contributed by atoms with Crippen LogP contribution in [-0.4, -0.2) is 16.1 Å². The zero-order valence-electron chi connectivity index (χ0n) is 12.0. The second-order valence-electron chi connectivity index (χ2n) is 5.15. The number of benzene rings is 2. The number of amides is 1. The molecule has 4 N–H and O–H groups in total. The molecule has 1 heterocycles.